The highest BCUT2D eigenvalue weighted by Gasteiger charge is 2.19. The number of rotatable bonds is 7. The average Bonchev–Trinajstić information content (AvgIpc) is 3.08. The van der Waals surface area contributed by atoms with Crippen LogP contribution in [-0.4, -0.2) is 26.1 Å². The topological polar surface area (TPSA) is 97.0 Å². The molecule has 0 spiro atoms. The number of aromatic carboxylic acids is 1. The van der Waals surface area contributed by atoms with Crippen LogP contribution in [0.3, 0.4) is 0 Å². The second-order valence-corrected chi connectivity index (χ2v) is 8.32. The van der Waals surface area contributed by atoms with Crippen molar-refractivity contribution in [3.05, 3.63) is 98.2 Å². The predicted octanol–water partition coefficient (Wildman–Crippen LogP) is 2.96. The summed E-state index contributed by atoms with van der Waals surface area (Å²) in [6, 6.07) is 15.7. The molecule has 4 aromatic rings. The van der Waals surface area contributed by atoms with Crippen LogP contribution < -0.4 is 10.7 Å². The van der Waals surface area contributed by atoms with E-state index in [4.69, 9.17) is 11.6 Å². The number of fused-ring (bicyclic) bond motifs is 1. The maximum atomic E-state index is 13.1. The molecule has 0 amide bonds. The minimum absolute atomic E-state index is 0.174. The zero-order valence-corrected chi connectivity index (χ0v) is 18.9. The van der Waals surface area contributed by atoms with E-state index in [1.807, 2.05) is 42.7 Å². The summed E-state index contributed by atoms with van der Waals surface area (Å²) >= 11 is 5.95. The highest BCUT2D eigenvalue weighted by molar-refractivity contribution is 6.30. The Morgan fingerprint density at radius 1 is 1.03 bits per heavy atom. The zero-order chi connectivity index (χ0) is 23.7. The molecule has 8 heteroatoms. The lowest BCUT2D eigenvalue weighted by Gasteiger charge is -2.12. The van der Waals surface area contributed by atoms with E-state index in [2.05, 4.69) is 5.10 Å². The predicted molar refractivity (Wildman–Crippen MR) is 124 cm³/mol. The number of carboxylic acids is 1. The fraction of sp³-hybridized carbons (Fsp3) is 0.200. The number of carbonyl (C=O) groups is 2. The van der Waals surface area contributed by atoms with E-state index in [0.29, 0.717) is 17.1 Å². The number of aryl methyl sites for hydroxylation is 2. The molecule has 0 saturated heterocycles. The molecule has 0 radical (unpaired) electrons. The van der Waals surface area contributed by atoms with Crippen molar-refractivity contribution in [2.75, 3.05) is 0 Å². The van der Waals surface area contributed by atoms with Gasteiger partial charge in [-0.05, 0) is 50.1 Å². The summed E-state index contributed by atoms with van der Waals surface area (Å²) in [5.74, 6) is -1.83. The van der Waals surface area contributed by atoms with Gasteiger partial charge in [-0.15, -0.1) is 0 Å². The van der Waals surface area contributed by atoms with Gasteiger partial charge in [-0.2, -0.15) is 5.10 Å². The third-order valence-corrected chi connectivity index (χ3v) is 6.02. The average molecular weight is 463 g/mol. The molecular formula is C25H21ClN3O4-. The highest BCUT2D eigenvalue weighted by atomic mass is 35.5. The van der Waals surface area contributed by atoms with Gasteiger partial charge in [0.1, 0.15) is 12.2 Å². The number of carbonyl (C=O) groups excluding carboxylic acids is 2. The van der Waals surface area contributed by atoms with Crippen molar-refractivity contribution in [2.45, 2.75) is 33.4 Å². The summed E-state index contributed by atoms with van der Waals surface area (Å²) in [4.78, 5) is 37.5. The number of Topliss-reactive ketones (excluding diaryl/α,β-unsaturated/α-hetero) is 1. The standard InChI is InChI=1S/C25H22ClN3O4/c1-15-13-21(16(2)28(15)12-11-17-7-9-18(26)10-8-17)22(30)14-29-24(31)20-6-4-3-5-19(20)23(27-29)25(32)33/h3-10,13H,11-12,14H2,1-2H3,(H,32,33)/p-1. The summed E-state index contributed by atoms with van der Waals surface area (Å²) in [5, 5.41) is 16.5. The van der Waals surface area contributed by atoms with Crippen molar-refractivity contribution in [1.82, 2.24) is 14.3 Å². The molecule has 33 heavy (non-hydrogen) atoms. The fourth-order valence-electron chi connectivity index (χ4n) is 4.03. The molecule has 2 aromatic heterocycles. The van der Waals surface area contributed by atoms with Crippen LogP contribution in [0.5, 0.6) is 0 Å². The molecule has 0 aliphatic heterocycles. The van der Waals surface area contributed by atoms with Crippen LogP contribution in [0.15, 0.2) is 59.4 Å². The first-order chi connectivity index (χ1) is 15.8. The first-order valence-electron chi connectivity index (χ1n) is 10.4. The lowest BCUT2D eigenvalue weighted by atomic mass is 10.1. The van der Waals surface area contributed by atoms with Gasteiger partial charge in [0, 0.05) is 33.9 Å². The van der Waals surface area contributed by atoms with Gasteiger partial charge in [-0.25, -0.2) is 4.68 Å². The third kappa shape index (κ3) is 4.45. The molecular weight excluding hydrogens is 442 g/mol. The van der Waals surface area contributed by atoms with Crippen LogP contribution in [0.4, 0.5) is 0 Å². The molecule has 0 N–H and O–H groups in total. The quantitative estimate of drug-likeness (QED) is 0.393. The number of hydrogen-bond donors (Lipinski definition) is 0. The SMILES string of the molecule is Cc1cc(C(=O)Cn2nc(C(=O)[O-])c3ccccc3c2=O)c(C)n1CCc1ccc(Cl)cc1. The van der Waals surface area contributed by atoms with Crippen LogP contribution in [-0.2, 0) is 19.5 Å². The Labute approximate surface area is 194 Å². The number of halogens is 1. The number of nitrogens with zero attached hydrogens (tertiary/aromatic N) is 3. The molecule has 0 saturated carbocycles. The van der Waals surface area contributed by atoms with E-state index in [9.17, 15) is 19.5 Å². The first-order valence-corrected chi connectivity index (χ1v) is 10.8. The Hall–Kier alpha value is -3.71. The van der Waals surface area contributed by atoms with E-state index >= 15 is 0 Å². The van der Waals surface area contributed by atoms with Gasteiger partial charge in [0.05, 0.1) is 11.4 Å². The molecule has 4 rings (SSSR count). The van der Waals surface area contributed by atoms with Crippen LogP contribution in [0.1, 0.15) is 37.8 Å². The van der Waals surface area contributed by atoms with Crippen molar-refractivity contribution in [3.8, 4) is 0 Å². The van der Waals surface area contributed by atoms with E-state index < -0.39 is 11.5 Å². The number of benzene rings is 2. The maximum absolute atomic E-state index is 13.1. The molecule has 0 fully saturated rings. The Balaban J connectivity index is 1.62. The summed E-state index contributed by atoms with van der Waals surface area (Å²) < 4.78 is 2.95. The van der Waals surface area contributed by atoms with Crippen LogP contribution in [0.2, 0.25) is 5.02 Å². The third-order valence-electron chi connectivity index (χ3n) is 5.77. The van der Waals surface area contributed by atoms with Crippen molar-refractivity contribution in [1.29, 1.82) is 0 Å². The number of aromatic nitrogens is 3. The maximum Gasteiger partial charge on any atom is 0.275 e. The van der Waals surface area contributed by atoms with Gasteiger partial charge in [0.25, 0.3) is 5.56 Å². The van der Waals surface area contributed by atoms with Gasteiger partial charge in [-0.1, -0.05) is 41.9 Å². The lowest BCUT2D eigenvalue weighted by molar-refractivity contribution is -0.255. The molecule has 168 valence electrons. The Bertz CT molecular complexity index is 1430. The van der Waals surface area contributed by atoms with E-state index in [1.54, 1.807) is 18.2 Å². The Morgan fingerprint density at radius 2 is 1.70 bits per heavy atom. The van der Waals surface area contributed by atoms with Crippen molar-refractivity contribution in [2.24, 2.45) is 0 Å². The first kappa shape index (κ1) is 22.5. The van der Waals surface area contributed by atoms with Crippen molar-refractivity contribution < 1.29 is 14.7 Å². The van der Waals surface area contributed by atoms with Gasteiger partial charge in [-0.3, -0.25) is 9.59 Å². The van der Waals surface area contributed by atoms with Crippen molar-refractivity contribution in [3.63, 3.8) is 0 Å². The van der Waals surface area contributed by atoms with Gasteiger partial charge in [0.2, 0.25) is 0 Å². The van der Waals surface area contributed by atoms with Crippen LogP contribution in [0, 0.1) is 13.8 Å². The van der Waals surface area contributed by atoms with Crippen molar-refractivity contribution >= 4 is 34.1 Å². The normalized spacial score (nSPS) is 11.1. The monoisotopic (exact) mass is 462 g/mol. The van der Waals surface area contributed by atoms with Gasteiger partial charge >= 0.3 is 0 Å². The van der Waals surface area contributed by atoms with E-state index in [1.165, 1.54) is 12.1 Å². The molecule has 0 unspecified atom stereocenters. The number of hydrogen-bond acceptors (Lipinski definition) is 5. The minimum atomic E-state index is -1.51. The molecule has 0 aliphatic rings. The fourth-order valence-corrected chi connectivity index (χ4v) is 4.16. The zero-order valence-electron chi connectivity index (χ0n) is 18.2. The minimum Gasteiger partial charge on any atom is -0.543 e. The molecule has 2 aromatic carbocycles. The summed E-state index contributed by atoms with van der Waals surface area (Å²) in [6.07, 6.45) is 0.766. The second-order valence-electron chi connectivity index (χ2n) is 7.88. The summed E-state index contributed by atoms with van der Waals surface area (Å²) in [7, 11) is 0. The highest BCUT2D eigenvalue weighted by Crippen LogP contribution is 2.19. The smallest absolute Gasteiger partial charge is 0.275 e. The molecule has 0 aliphatic carbocycles. The van der Waals surface area contributed by atoms with Gasteiger partial charge in [0.15, 0.2) is 5.78 Å². The van der Waals surface area contributed by atoms with E-state index in [-0.39, 0.29) is 28.8 Å². The molecule has 0 bridgehead atoms. The van der Waals surface area contributed by atoms with Gasteiger partial charge < -0.3 is 14.5 Å². The van der Waals surface area contributed by atoms with E-state index in [0.717, 1.165) is 28.1 Å². The summed E-state index contributed by atoms with van der Waals surface area (Å²) in [6.45, 7) is 4.08. The van der Waals surface area contributed by atoms with Crippen LogP contribution >= 0.6 is 11.6 Å². The Kier molecular flexibility index (Phi) is 6.16. The number of ketones is 1. The summed E-state index contributed by atoms with van der Waals surface area (Å²) in [5.41, 5.74) is 2.40. The Morgan fingerprint density at radius 3 is 2.36 bits per heavy atom. The molecule has 7 nitrogen and oxygen atoms in total. The molecule has 2 heterocycles. The van der Waals surface area contributed by atoms with Crippen LogP contribution in [0.25, 0.3) is 10.8 Å². The number of carboxylic acid groups (broad SMARTS) is 1. The lowest BCUT2D eigenvalue weighted by Crippen LogP contribution is -2.32. The second kappa shape index (κ2) is 9.03. The molecule has 0 atom stereocenters. The largest absolute Gasteiger partial charge is 0.543 e.